The molecule has 1 aromatic heterocycles. The van der Waals surface area contributed by atoms with Crippen LogP contribution in [0.4, 0.5) is 5.13 Å². The van der Waals surface area contributed by atoms with Crippen LogP contribution in [0.15, 0.2) is 30.3 Å². The second-order valence-corrected chi connectivity index (χ2v) is 6.67. The number of nitrogens with zero attached hydrogens (tertiary/aromatic N) is 2. The van der Waals surface area contributed by atoms with Crippen LogP contribution < -0.4 is 4.90 Å². The van der Waals surface area contributed by atoms with E-state index in [1.54, 1.807) is 25.9 Å². The number of rotatable bonds is 9. The maximum absolute atomic E-state index is 12.8. The Morgan fingerprint density at radius 3 is 2.62 bits per heavy atom. The Balaban J connectivity index is 2.26. The average molecular weight is 376 g/mol. The summed E-state index contributed by atoms with van der Waals surface area (Å²) in [5, 5.41) is 0.511. The Hall–Kier alpha value is -2.25. The highest BCUT2D eigenvalue weighted by Crippen LogP contribution is 2.28. The molecule has 1 heterocycles. The van der Waals surface area contributed by atoms with Crippen LogP contribution in [-0.2, 0) is 20.8 Å². The molecule has 0 atom stereocenters. The van der Waals surface area contributed by atoms with E-state index in [1.807, 2.05) is 30.3 Å². The van der Waals surface area contributed by atoms with Gasteiger partial charge in [0.05, 0.1) is 18.8 Å². The summed E-state index contributed by atoms with van der Waals surface area (Å²) >= 11 is 1.19. The second kappa shape index (κ2) is 10.0. The first kappa shape index (κ1) is 20.1. The lowest BCUT2D eigenvalue weighted by Crippen LogP contribution is -2.30. The third-order valence-electron chi connectivity index (χ3n) is 3.70. The van der Waals surface area contributed by atoms with Crippen LogP contribution in [0.3, 0.4) is 0 Å². The number of esters is 1. The number of thiazole rings is 1. The van der Waals surface area contributed by atoms with E-state index in [1.165, 1.54) is 11.3 Å². The monoisotopic (exact) mass is 376 g/mol. The van der Waals surface area contributed by atoms with Gasteiger partial charge in [-0.3, -0.25) is 9.69 Å². The van der Waals surface area contributed by atoms with Gasteiger partial charge in [0, 0.05) is 20.1 Å². The van der Waals surface area contributed by atoms with Gasteiger partial charge in [-0.15, -0.1) is 0 Å². The molecule has 26 heavy (non-hydrogen) atoms. The third kappa shape index (κ3) is 5.37. The standard InChI is InChI=1S/C19H24N2O4S/c1-4-25-18(23)17-14(2)20-19(26-17)21(16(22)11-8-12-24-3)13-15-9-6-5-7-10-15/h5-7,9-10H,4,8,11-13H2,1-3H3. The number of hydrogen-bond donors (Lipinski definition) is 0. The molecule has 2 rings (SSSR count). The lowest BCUT2D eigenvalue weighted by Gasteiger charge is -2.20. The number of hydrogen-bond acceptors (Lipinski definition) is 6. The fourth-order valence-electron chi connectivity index (χ4n) is 2.41. The van der Waals surface area contributed by atoms with Gasteiger partial charge in [0.15, 0.2) is 5.13 Å². The van der Waals surface area contributed by atoms with E-state index in [9.17, 15) is 9.59 Å². The molecular weight excluding hydrogens is 352 g/mol. The van der Waals surface area contributed by atoms with E-state index in [0.29, 0.717) is 48.3 Å². The maximum atomic E-state index is 12.8. The number of anilines is 1. The van der Waals surface area contributed by atoms with Crippen LogP contribution in [0.5, 0.6) is 0 Å². The van der Waals surface area contributed by atoms with Crippen molar-refractivity contribution >= 4 is 28.3 Å². The van der Waals surface area contributed by atoms with Crippen molar-refractivity contribution in [2.45, 2.75) is 33.2 Å². The summed E-state index contributed by atoms with van der Waals surface area (Å²) in [6, 6.07) is 9.71. The van der Waals surface area contributed by atoms with E-state index >= 15 is 0 Å². The predicted molar refractivity (Wildman–Crippen MR) is 102 cm³/mol. The Bertz CT molecular complexity index is 730. The van der Waals surface area contributed by atoms with Gasteiger partial charge in [0.2, 0.25) is 5.91 Å². The van der Waals surface area contributed by atoms with Crippen molar-refractivity contribution in [3.63, 3.8) is 0 Å². The number of carbonyl (C=O) groups is 2. The van der Waals surface area contributed by atoms with Crippen LogP contribution in [0.25, 0.3) is 0 Å². The van der Waals surface area contributed by atoms with Gasteiger partial charge in [-0.25, -0.2) is 9.78 Å². The number of aryl methyl sites for hydroxylation is 1. The summed E-state index contributed by atoms with van der Waals surface area (Å²) in [4.78, 5) is 31.3. The summed E-state index contributed by atoms with van der Waals surface area (Å²) < 4.78 is 10.1. The zero-order chi connectivity index (χ0) is 18.9. The minimum atomic E-state index is -0.403. The summed E-state index contributed by atoms with van der Waals surface area (Å²) in [5.41, 5.74) is 1.57. The van der Waals surface area contributed by atoms with E-state index in [2.05, 4.69) is 4.98 Å². The first-order valence-corrected chi connectivity index (χ1v) is 9.36. The molecule has 1 amide bonds. The maximum Gasteiger partial charge on any atom is 0.350 e. The number of amides is 1. The van der Waals surface area contributed by atoms with Gasteiger partial charge < -0.3 is 9.47 Å². The van der Waals surface area contributed by atoms with Crippen molar-refractivity contribution in [2.24, 2.45) is 0 Å². The largest absolute Gasteiger partial charge is 0.462 e. The van der Waals surface area contributed by atoms with Gasteiger partial charge in [-0.2, -0.15) is 0 Å². The third-order valence-corrected chi connectivity index (χ3v) is 4.86. The minimum absolute atomic E-state index is 0.0462. The molecule has 0 bridgehead atoms. The summed E-state index contributed by atoms with van der Waals surface area (Å²) in [6.45, 7) is 4.74. The molecular formula is C19H24N2O4S. The topological polar surface area (TPSA) is 68.7 Å². The van der Waals surface area contributed by atoms with Gasteiger partial charge in [-0.1, -0.05) is 41.7 Å². The fraction of sp³-hybridized carbons (Fsp3) is 0.421. The lowest BCUT2D eigenvalue weighted by molar-refractivity contribution is -0.119. The van der Waals surface area contributed by atoms with Gasteiger partial charge in [-0.05, 0) is 25.8 Å². The molecule has 0 aliphatic rings. The molecule has 6 nitrogen and oxygen atoms in total. The van der Waals surface area contributed by atoms with Crippen molar-refractivity contribution in [2.75, 3.05) is 25.2 Å². The quantitative estimate of drug-likeness (QED) is 0.494. The molecule has 0 aliphatic heterocycles. The van der Waals surface area contributed by atoms with Crippen molar-refractivity contribution in [3.8, 4) is 0 Å². The molecule has 2 aromatic rings. The van der Waals surface area contributed by atoms with Crippen molar-refractivity contribution in [1.82, 2.24) is 4.98 Å². The van der Waals surface area contributed by atoms with Crippen LogP contribution >= 0.6 is 11.3 Å². The molecule has 0 saturated heterocycles. The van der Waals surface area contributed by atoms with E-state index in [0.717, 1.165) is 5.56 Å². The van der Waals surface area contributed by atoms with Crippen LogP contribution in [0, 0.1) is 6.92 Å². The van der Waals surface area contributed by atoms with Crippen molar-refractivity contribution in [1.29, 1.82) is 0 Å². The fourth-order valence-corrected chi connectivity index (χ4v) is 3.39. The first-order valence-electron chi connectivity index (χ1n) is 8.54. The van der Waals surface area contributed by atoms with Gasteiger partial charge >= 0.3 is 5.97 Å². The number of carbonyl (C=O) groups excluding carboxylic acids is 2. The van der Waals surface area contributed by atoms with Crippen LogP contribution in [0.1, 0.15) is 40.7 Å². The molecule has 0 aliphatic carbocycles. The Morgan fingerprint density at radius 2 is 1.96 bits per heavy atom. The Labute approximate surface area is 157 Å². The molecule has 0 saturated carbocycles. The highest BCUT2D eigenvalue weighted by Gasteiger charge is 2.23. The predicted octanol–water partition coefficient (Wildman–Crippen LogP) is 3.59. The SMILES string of the molecule is CCOC(=O)c1sc(N(Cc2ccccc2)C(=O)CCCOC)nc1C. The summed E-state index contributed by atoms with van der Waals surface area (Å²) in [6.07, 6.45) is 0.990. The molecule has 7 heteroatoms. The minimum Gasteiger partial charge on any atom is -0.462 e. The zero-order valence-electron chi connectivity index (χ0n) is 15.4. The number of benzene rings is 1. The van der Waals surface area contributed by atoms with Crippen molar-refractivity contribution < 1.29 is 19.1 Å². The van der Waals surface area contributed by atoms with E-state index < -0.39 is 5.97 Å². The molecule has 0 spiro atoms. The Kier molecular flexibility index (Phi) is 7.74. The summed E-state index contributed by atoms with van der Waals surface area (Å²) in [5.74, 6) is -0.449. The second-order valence-electron chi connectivity index (χ2n) is 5.69. The molecule has 0 fully saturated rings. The average Bonchev–Trinajstić information content (AvgIpc) is 3.02. The lowest BCUT2D eigenvalue weighted by atomic mass is 10.2. The van der Waals surface area contributed by atoms with E-state index in [4.69, 9.17) is 9.47 Å². The first-order chi connectivity index (χ1) is 12.6. The number of ether oxygens (including phenoxy) is 2. The molecule has 0 unspecified atom stereocenters. The van der Waals surface area contributed by atoms with Crippen LogP contribution in [0.2, 0.25) is 0 Å². The zero-order valence-corrected chi connectivity index (χ0v) is 16.2. The number of methoxy groups -OCH3 is 1. The number of aromatic nitrogens is 1. The normalized spacial score (nSPS) is 10.6. The summed E-state index contributed by atoms with van der Waals surface area (Å²) in [7, 11) is 1.61. The Morgan fingerprint density at radius 1 is 1.23 bits per heavy atom. The highest BCUT2D eigenvalue weighted by atomic mass is 32.1. The molecule has 0 N–H and O–H groups in total. The molecule has 140 valence electrons. The smallest absolute Gasteiger partial charge is 0.350 e. The highest BCUT2D eigenvalue weighted by molar-refractivity contribution is 7.17. The van der Waals surface area contributed by atoms with Gasteiger partial charge in [0.1, 0.15) is 4.88 Å². The van der Waals surface area contributed by atoms with Crippen LogP contribution in [-0.4, -0.2) is 37.2 Å². The van der Waals surface area contributed by atoms with E-state index in [-0.39, 0.29) is 5.91 Å². The van der Waals surface area contributed by atoms with Gasteiger partial charge in [0.25, 0.3) is 0 Å². The molecule has 1 aromatic carbocycles. The van der Waals surface area contributed by atoms with Crippen molar-refractivity contribution in [3.05, 3.63) is 46.5 Å². The molecule has 0 radical (unpaired) electrons.